The van der Waals surface area contributed by atoms with Gasteiger partial charge in [0, 0.05) is 29.9 Å². The molecule has 0 spiro atoms. The van der Waals surface area contributed by atoms with Crippen molar-refractivity contribution in [2.45, 2.75) is 32.9 Å². The van der Waals surface area contributed by atoms with E-state index in [2.05, 4.69) is 10.4 Å². The number of nitrogens with one attached hydrogen (secondary N) is 1. The van der Waals surface area contributed by atoms with Gasteiger partial charge in [-0.3, -0.25) is 9.48 Å². The maximum Gasteiger partial charge on any atom is 0.252 e. The van der Waals surface area contributed by atoms with Crippen molar-refractivity contribution in [3.8, 4) is 11.5 Å². The van der Waals surface area contributed by atoms with E-state index in [1.807, 2.05) is 24.7 Å². The van der Waals surface area contributed by atoms with Crippen molar-refractivity contribution in [3.63, 3.8) is 0 Å². The predicted octanol–water partition coefficient (Wildman–Crippen LogP) is 2.80. The third-order valence-electron chi connectivity index (χ3n) is 3.71. The molecule has 0 fully saturated rings. The topological polar surface area (TPSA) is 65.4 Å². The first-order chi connectivity index (χ1) is 11.1. The molecule has 0 saturated carbocycles. The Balaban J connectivity index is 2.19. The summed E-state index contributed by atoms with van der Waals surface area (Å²) in [6.07, 6.45) is 4.53. The fourth-order valence-electron chi connectivity index (χ4n) is 2.33. The van der Waals surface area contributed by atoms with Crippen LogP contribution in [0.4, 0.5) is 0 Å². The highest BCUT2D eigenvalue weighted by molar-refractivity contribution is 5.95. The molecule has 1 amide bonds. The van der Waals surface area contributed by atoms with E-state index in [-0.39, 0.29) is 11.9 Å². The summed E-state index contributed by atoms with van der Waals surface area (Å²) in [5, 5.41) is 7.30. The molecule has 1 unspecified atom stereocenters. The molecule has 0 aliphatic carbocycles. The largest absolute Gasteiger partial charge is 0.497 e. The highest BCUT2D eigenvalue weighted by atomic mass is 16.5. The average Bonchev–Trinajstić information content (AvgIpc) is 3.07. The molecule has 0 radical (unpaired) electrons. The van der Waals surface area contributed by atoms with Crippen LogP contribution in [0.25, 0.3) is 0 Å². The molecule has 124 valence electrons. The number of nitrogens with zero attached hydrogens (tertiary/aromatic N) is 2. The summed E-state index contributed by atoms with van der Waals surface area (Å²) in [4.78, 5) is 12.6. The van der Waals surface area contributed by atoms with Gasteiger partial charge in [0.25, 0.3) is 5.91 Å². The van der Waals surface area contributed by atoms with Crippen LogP contribution in [0.15, 0.2) is 30.6 Å². The molecule has 0 bridgehead atoms. The fraction of sp³-hybridized carbons (Fsp3) is 0.412. The van der Waals surface area contributed by atoms with E-state index in [0.717, 1.165) is 18.5 Å². The Morgan fingerprint density at radius 2 is 1.87 bits per heavy atom. The lowest BCUT2D eigenvalue weighted by Gasteiger charge is -2.16. The Labute approximate surface area is 136 Å². The molecule has 1 heterocycles. The standard InChI is InChI=1S/C17H23N3O3/c1-5-16(13-10-18-20(6-2)11-13)19-17(21)12-7-14(22-3)9-15(8-12)23-4/h7-11,16H,5-6H2,1-4H3,(H,19,21). The first-order valence-electron chi connectivity index (χ1n) is 7.67. The highest BCUT2D eigenvalue weighted by Crippen LogP contribution is 2.23. The van der Waals surface area contributed by atoms with Crippen molar-refractivity contribution in [3.05, 3.63) is 41.7 Å². The lowest BCUT2D eigenvalue weighted by molar-refractivity contribution is 0.0935. The van der Waals surface area contributed by atoms with Crippen molar-refractivity contribution >= 4 is 5.91 Å². The number of hydrogen-bond acceptors (Lipinski definition) is 4. The number of ether oxygens (including phenoxy) is 2. The van der Waals surface area contributed by atoms with Gasteiger partial charge in [-0.25, -0.2) is 0 Å². The van der Waals surface area contributed by atoms with Crippen LogP contribution in [-0.2, 0) is 6.54 Å². The molecule has 2 rings (SSSR count). The van der Waals surface area contributed by atoms with Crippen molar-refractivity contribution in [1.82, 2.24) is 15.1 Å². The van der Waals surface area contributed by atoms with Crippen LogP contribution in [0.3, 0.4) is 0 Å². The Hall–Kier alpha value is -2.50. The molecular weight excluding hydrogens is 294 g/mol. The van der Waals surface area contributed by atoms with E-state index in [9.17, 15) is 4.79 Å². The molecule has 0 saturated heterocycles. The summed E-state index contributed by atoms with van der Waals surface area (Å²) in [6, 6.07) is 5.04. The second-order valence-corrected chi connectivity index (χ2v) is 5.16. The van der Waals surface area contributed by atoms with Gasteiger partial charge in [0.05, 0.1) is 26.5 Å². The normalized spacial score (nSPS) is 11.8. The van der Waals surface area contributed by atoms with Crippen LogP contribution in [0.5, 0.6) is 11.5 Å². The third kappa shape index (κ3) is 4.03. The fourth-order valence-corrected chi connectivity index (χ4v) is 2.33. The summed E-state index contributed by atoms with van der Waals surface area (Å²) in [5.41, 5.74) is 1.50. The Bertz CT molecular complexity index is 645. The molecule has 0 aliphatic rings. The summed E-state index contributed by atoms with van der Waals surface area (Å²) >= 11 is 0. The molecule has 1 N–H and O–H groups in total. The highest BCUT2D eigenvalue weighted by Gasteiger charge is 2.17. The SMILES string of the molecule is CCC(NC(=O)c1cc(OC)cc(OC)c1)c1cnn(CC)c1. The second-order valence-electron chi connectivity index (χ2n) is 5.16. The van der Waals surface area contributed by atoms with Gasteiger partial charge in [0.15, 0.2) is 0 Å². The number of methoxy groups -OCH3 is 2. The molecule has 23 heavy (non-hydrogen) atoms. The number of benzene rings is 1. The van der Waals surface area contributed by atoms with Gasteiger partial charge < -0.3 is 14.8 Å². The quantitative estimate of drug-likeness (QED) is 0.853. The summed E-state index contributed by atoms with van der Waals surface area (Å²) in [6.45, 7) is 4.86. The number of hydrogen-bond donors (Lipinski definition) is 1. The Morgan fingerprint density at radius 3 is 2.35 bits per heavy atom. The van der Waals surface area contributed by atoms with E-state index >= 15 is 0 Å². The summed E-state index contributed by atoms with van der Waals surface area (Å²) in [7, 11) is 3.12. The van der Waals surface area contributed by atoms with Gasteiger partial charge in [-0.1, -0.05) is 6.92 Å². The zero-order valence-electron chi connectivity index (χ0n) is 14.0. The van der Waals surface area contributed by atoms with Crippen molar-refractivity contribution in [1.29, 1.82) is 0 Å². The van der Waals surface area contributed by atoms with Gasteiger partial charge in [0.2, 0.25) is 0 Å². The molecule has 6 nitrogen and oxygen atoms in total. The number of aromatic nitrogens is 2. The minimum atomic E-state index is -0.168. The minimum absolute atomic E-state index is 0.0833. The van der Waals surface area contributed by atoms with Crippen LogP contribution < -0.4 is 14.8 Å². The molecule has 2 aromatic rings. The van der Waals surface area contributed by atoms with E-state index in [4.69, 9.17) is 9.47 Å². The second kappa shape index (κ2) is 7.67. The zero-order chi connectivity index (χ0) is 16.8. The van der Waals surface area contributed by atoms with E-state index < -0.39 is 0 Å². The Kier molecular flexibility index (Phi) is 5.62. The van der Waals surface area contributed by atoms with E-state index in [1.54, 1.807) is 38.6 Å². The van der Waals surface area contributed by atoms with Crippen molar-refractivity contribution in [2.24, 2.45) is 0 Å². The minimum Gasteiger partial charge on any atom is -0.497 e. The van der Waals surface area contributed by atoms with Crippen LogP contribution in [0.2, 0.25) is 0 Å². The number of carbonyl (C=O) groups excluding carboxylic acids is 1. The first kappa shape index (κ1) is 16.9. The smallest absolute Gasteiger partial charge is 0.252 e. The number of aryl methyl sites for hydroxylation is 1. The zero-order valence-corrected chi connectivity index (χ0v) is 14.0. The molecule has 6 heteroatoms. The van der Waals surface area contributed by atoms with Crippen LogP contribution in [0, 0.1) is 0 Å². The maximum absolute atomic E-state index is 12.6. The predicted molar refractivity (Wildman–Crippen MR) is 87.9 cm³/mol. The van der Waals surface area contributed by atoms with E-state index in [1.165, 1.54) is 0 Å². The number of rotatable bonds is 7. The molecule has 1 aromatic carbocycles. The third-order valence-corrected chi connectivity index (χ3v) is 3.71. The van der Waals surface area contributed by atoms with Crippen molar-refractivity contribution in [2.75, 3.05) is 14.2 Å². The monoisotopic (exact) mass is 317 g/mol. The lowest BCUT2D eigenvalue weighted by atomic mass is 10.1. The molecule has 1 aromatic heterocycles. The molecule has 1 atom stereocenters. The van der Waals surface area contributed by atoms with Gasteiger partial charge in [-0.15, -0.1) is 0 Å². The Morgan fingerprint density at radius 1 is 1.22 bits per heavy atom. The average molecular weight is 317 g/mol. The van der Waals surface area contributed by atoms with Crippen molar-refractivity contribution < 1.29 is 14.3 Å². The lowest BCUT2D eigenvalue weighted by Crippen LogP contribution is -2.28. The summed E-state index contributed by atoms with van der Waals surface area (Å²) < 4.78 is 12.3. The van der Waals surface area contributed by atoms with Gasteiger partial charge >= 0.3 is 0 Å². The van der Waals surface area contributed by atoms with Crippen LogP contribution in [0.1, 0.15) is 42.2 Å². The number of amides is 1. The van der Waals surface area contributed by atoms with Crippen LogP contribution >= 0.6 is 0 Å². The maximum atomic E-state index is 12.6. The number of carbonyl (C=O) groups is 1. The first-order valence-corrected chi connectivity index (χ1v) is 7.67. The van der Waals surface area contributed by atoms with E-state index in [0.29, 0.717) is 17.1 Å². The van der Waals surface area contributed by atoms with Gasteiger partial charge in [-0.05, 0) is 25.5 Å². The van der Waals surface area contributed by atoms with Crippen LogP contribution in [-0.4, -0.2) is 29.9 Å². The molecule has 0 aliphatic heterocycles. The van der Waals surface area contributed by atoms with Gasteiger partial charge in [-0.2, -0.15) is 5.10 Å². The van der Waals surface area contributed by atoms with Gasteiger partial charge in [0.1, 0.15) is 11.5 Å². The molecular formula is C17H23N3O3. The summed E-state index contributed by atoms with van der Waals surface area (Å²) in [5.74, 6) is 1.00.